The van der Waals surface area contributed by atoms with Crippen molar-refractivity contribution in [3.05, 3.63) is 71.8 Å². The maximum Gasteiger partial charge on any atom is 0.0237 e. The molecule has 0 saturated carbocycles. The Bertz CT molecular complexity index is 471. The van der Waals surface area contributed by atoms with Gasteiger partial charge in [-0.1, -0.05) is 60.7 Å². The Balaban J connectivity index is 1.83. The first kappa shape index (κ1) is 17.7. The second-order valence-corrected chi connectivity index (χ2v) is 5.93. The van der Waals surface area contributed by atoms with E-state index in [1.54, 1.807) is 0 Å². The first-order chi connectivity index (χ1) is 11.4. The topological polar surface area (TPSA) is 41.3 Å². The van der Waals surface area contributed by atoms with Crippen LogP contribution in [0, 0.1) is 0 Å². The largest absolute Gasteiger partial charge is 0.330 e. The van der Waals surface area contributed by atoms with Crippen molar-refractivity contribution in [2.24, 2.45) is 5.73 Å². The lowest BCUT2D eigenvalue weighted by molar-refractivity contribution is 0.252. The fourth-order valence-corrected chi connectivity index (χ4v) is 2.68. The summed E-state index contributed by atoms with van der Waals surface area (Å²) in [4.78, 5) is 2.52. The second-order valence-electron chi connectivity index (χ2n) is 5.93. The van der Waals surface area contributed by atoms with Crippen molar-refractivity contribution in [2.75, 3.05) is 26.2 Å². The minimum Gasteiger partial charge on any atom is -0.330 e. The van der Waals surface area contributed by atoms with Crippen LogP contribution in [0.1, 0.15) is 24.0 Å². The van der Waals surface area contributed by atoms with Crippen molar-refractivity contribution in [3.8, 4) is 0 Å². The molecule has 0 spiro atoms. The molecule has 0 aromatic heterocycles. The molecule has 0 aliphatic carbocycles. The summed E-state index contributed by atoms with van der Waals surface area (Å²) < 4.78 is 0. The number of nitrogens with one attached hydrogen (secondary N) is 1. The first-order valence-corrected chi connectivity index (χ1v) is 8.59. The van der Waals surface area contributed by atoms with Crippen molar-refractivity contribution < 1.29 is 0 Å². The van der Waals surface area contributed by atoms with E-state index >= 15 is 0 Å². The van der Waals surface area contributed by atoms with Gasteiger partial charge in [-0.3, -0.25) is 4.90 Å². The van der Waals surface area contributed by atoms with E-state index in [1.807, 2.05) is 0 Å². The average molecular weight is 311 g/mol. The predicted octanol–water partition coefficient (Wildman–Crippen LogP) is 3.02. The van der Waals surface area contributed by atoms with Gasteiger partial charge in [0.2, 0.25) is 0 Å². The molecule has 3 nitrogen and oxygen atoms in total. The van der Waals surface area contributed by atoms with Crippen LogP contribution in [0.4, 0.5) is 0 Å². The first-order valence-electron chi connectivity index (χ1n) is 8.59. The number of benzene rings is 2. The maximum absolute atomic E-state index is 5.52. The Morgan fingerprint density at radius 2 is 1.26 bits per heavy atom. The predicted molar refractivity (Wildman–Crippen MR) is 98.2 cm³/mol. The molecular weight excluding hydrogens is 282 g/mol. The summed E-state index contributed by atoms with van der Waals surface area (Å²) in [6.07, 6.45) is 2.21. The van der Waals surface area contributed by atoms with E-state index in [0.717, 1.165) is 52.1 Å². The van der Waals surface area contributed by atoms with E-state index < -0.39 is 0 Å². The zero-order valence-corrected chi connectivity index (χ0v) is 14.0. The molecule has 0 aliphatic rings. The molecule has 0 heterocycles. The van der Waals surface area contributed by atoms with Crippen molar-refractivity contribution in [1.82, 2.24) is 10.2 Å². The van der Waals surface area contributed by atoms with Crippen LogP contribution in [0.5, 0.6) is 0 Å². The monoisotopic (exact) mass is 311 g/mol. The van der Waals surface area contributed by atoms with Crippen LogP contribution in [0.15, 0.2) is 60.7 Å². The SMILES string of the molecule is NCCCNCCCN(Cc1ccccc1)Cc1ccccc1. The Kier molecular flexibility index (Phi) is 8.41. The lowest BCUT2D eigenvalue weighted by Gasteiger charge is -2.23. The molecule has 3 heteroatoms. The summed E-state index contributed by atoms with van der Waals surface area (Å²) >= 11 is 0. The van der Waals surface area contributed by atoms with Gasteiger partial charge >= 0.3 is 0 Å². The summed E-state index contributed by atoms with van der Waals surface area (Å²) in [7, 11) is 0. The van der Waals surface area contributed by atoms with Crippen LogP contribution in [0.2, 0.25) is 0 Å². The van der Waals surface area contributed by atoms with Crippen LogP contribution in [0.3, 0.4) is 0 Å². The van der Waals surface area contributed by atoms with Crippen LogP contribution in [-0.4, -0.2) is 31.1 Å². The van der Waals surface area contributed by atoms with E-state index in [9.17, 15) is 0 Å². The fraction of sp³-hybridized carbons (Fsp3) is 0.400. The van der Waals surface area contributed by atoms with Crippen molar-refractivity contribution in [1.29, 1.82) is 0 Å². The fourth-order valence-electron chi connectivity index (χ4n) is 2.68. The number of hydrogen-bond acceptors (Lipinski definition) is 3. The van der Waals surface area contributed by atoms with Gasteiger partial charge in [0.15, 0.2) is 0 Å². The minimum atomic E-state index is 0.765. The third kappa shape index (κ3) is 7.42. The molecular formula is C20H29N3. The van der Waals surface area contributed by atoms with Gasteiger partial charge in [-0.25, -0.2) is 0 Å². The highest BCUT2D eigenvalue weighted by Gasteiger charge is 2.06. The molecule has 0 saturated heterocycles. The molecule has 0 aliphatic heterocycles. The second kappa shape index (κ2) is 10.9. The molecule has 23 heavy (non-hydrogen) atoms. The van der Waals surface area contributed by atoms with E-state index in [2.05, 4.69) is 70.9 Å². The van der Waals surface area contributed by atoms with E-state index in [4.69, 9.17) is 5.73 Å². The molecule has 0 unspecified atom stereocenters. The summed E-state index contributed by atoms with van der Waals surface area (Å²) in [6, 6.07) is 21.4. The molecule has 0 amide bonds. The lowest BCUT2D eigenvalue weighted by atomic mass is 10.1. The number of rotatable bonds is 11. The standard InChI is InChI=1S/C20H29N3/c21-13-7-14-22-15-8-16-23(17-19-9-3-1-4-10-19)18-20-11-5-2-6-12-20/h1-6,9-12,22H,7-8,13-18,21H2. The van der Waals surface area contributed by atoms with Gasteiger partial charge in [-0.15, -0.1) is 0 Å². The van der Waals surface area contributed by atoms with Crippen molar-refractivity contribution in [3.63, 3.8) is 0 Å². The number of nitrogens with zero attached hydrogens (tertiary/aromatic N) is 1. The van der Waals surface area contributed by atoms with Crippen LogP contribution in [-0.2, 0) is 13.1 Å². The van der Waals surface area contributed by atoms with Crippen molar-refractivity contribution >= 4 is 0 Å². The average Bonchev–Trinajstić information content (AvgIpc) is 2.60. The normalized spacial score (nSPS) is 11.0. The van der Waals surface area contributed by atoms with Gasteiger partial charge < -0.3 is 11.1 Å². The lowest BCUT2D eigenvalue weighted by Crippen LogP contribution is -2.27. The van der Waals surface area contributed by atoms with Crippen molar-refractivity contribution in [2.45, 2.75) is 25.9 Å². The van der Waals surface area contributed by atoms with Crippen LogP contribution >= 0.6 is 0 Å². The highest BCUT2D eigenvalue weighted by Crippen LogP contribution is 2.10. The van der Waals surface area contributed by atoms with Gasteiger partial charge in [-0.05, 0) is 43.6 Å². The summed E-state index contributed by atoms with van der Waals surface area (Å²) in [5, 5.41) is 3.46. The molecule has 0 radical (unpaired) electrons. The molecule has 0 fully saturated rings. The van der Waals surface area contributed by atoms with Crippen LogP contribution < -0.4 is 11.1 Å². The quantitative estimate of drug-likeness (QED) is 0.627. The Labute approximate surface area is 140 Å². The van der Waals surface area contributed by atoms with Gasteiger partial charge in [0.1, 0.15) is 0 Å². The molecule has 3 N–H and O–H groups in total. The summed E-state index contributed by atoms with van der Waals surface area (Å²) in [5.41, 5.74) is 8.26. The summed E-state index contributed by atoms with van der Waals surface area (Å²) in [5.74, 6) is 0. The van der Waals surface area contributed by atoms with Gasteiger partial charge in [0.25, 0.3) is 0 Å². The maximum atomic E-state index is 5.52. The molecule has 0 atom stereocenters. The third-order valence-electron chi connectivity index (χ3n) is 3.88. The smallest absolute Gasteiger partial charge is 0.0237 e. The zero-order valence-electron chi connectivity index (χ0n) is 14.0. The van der Waals surface area contributed by atoms with Gasteiger partial charge in [0, 0.05) is 19.6 Å². The molecule has 0 bridgehead atoms. The summed E-state index contributed by atoms with van der Waals surface area (Å²) in [6.45, 7) is 5.94. The van der Waals surface area contributed by atoms with Gasteiger partial charge in [-0.2, -0.15) is 0 Å². The molecule has 2 rings (SSSR count). The molecule has 2 aromatic carbocycles. The van der Waals surface area contributed by atoms with E-state index in [-0.39, 0.29) is 0 Å². The zero-order chi connectivity index (χ0) is 16.2. The Morgan fingerprint density at radius 3 is 1.78 bits per heavy atom. The molecule has 2 aromatic rings. The Morgan fingerprint density at radius 1 is 0.739 bits per heavy atom. The highest BCUT2D eigenvalue weighted by atomic mass is 15.1. The highest BCUT2D eigenvalue weighted by molar-refractivity contribution is 5.17. The van der Waals surface area contributed by atoms with Crippen LogP contribution in [0.25, 0.3) is 0 Å². The number of hydrogen-bond donors (Lipinski definition) is 2. The minimum absolute atomic E-state index is 0.765. The van der Waals surface area contributed by atoms with E-state index in [0.29, 0.717) is 0 Å². The third-order valence-corrected chi connectivity index (χ3v) is 3.88. The van der Waals surface area contributed by atoms with E-state index in [1.165, 1.54) is 11.1 Å². The Hall–Kier alpha value is -1.68. The molecule has 124 valence electrons. The number of nitrogens with two attached hydrogens (primary N) is 1. The van der Waals surface area contributed by atoms with Gasteiger partial charge in [0.05, 0.1) is 0 Å².